The van der Waals surface area contributed by atoms with Crippen molar-refractivity contribution in [3.05, 3.63) is 77.1 Å². The van der Waals surface area contributed by atoms with Crippen LogP contribution in [-0.4, -0.2) is 24.5 Å². The summed E-state index contributed by atoms with van der Waals surface area (Å²) in [6.07, 6.45) is -2.56. The van der Waals surface area contributed by atoms with Gasteiger partial charge in [0, 0.05) is 23.4 Å². The molecule has 7 heteroatoms. The molecule has 4 nitrogen and oxygen atoms in total. The highest BCUT2D eigenvalue weighted by Gasteiger charge is 2.31. The van der Waals surface area contributed by atoms with Crippen LogP contribution in [0.3, 0.4) is 0 Å². The molecule has 0 spiro atoms. The zero-order chi connectivity index (χ0) is 20.8. The molecule has 1 aromatic heterocycles. The minimum atomic E-state index is -4.42. The van der Waals surface area contributed by atoms with Crippen LogP contribution in [0.15, 0.2) is 59.7 Å². The Morgan fingerprint density at radius 2 is 1.69 bits per heavy atom. The molecule has 4 rings (SSSR count). The predicted molar refractivity (Wildman–Crippen MR) is 104 cm³/mol. The maximum Gasteiger partial charge on any atom is 0.416 e. The Bertz CT molecular complexity index is 1100. The number of fused-ring (bicyclic) bond motifs is 3. The Labute approximate surface area is 166 Å². The van der Waals surface area contributed by atoms with E-state index in [0.29, 0.717) is 28.5 Å². The molecular weight excluding hydrogens is 381 g/mol. The van der Waals surface area contributed by atoms with Crippen molar-refractivity contribution in [2.75, 3.05) is 14.2 Å². The molecule has 0 amide bonds. The Morgan fingerprint density at radius 1 is 0.966 bits per heavy atom. The summed E-state index contributed by atoms with van der Waals surface area (Å²) in [7, 11) is 3.12. The van der Waals surface area contributed by atoms with E-state index in [2.05, 4.69) is 0 Å². The molecule has 1 aliphatic heterocycles. The number of rotatable bonds is 3. The van der Waals surface area contributed by atoms with Crippen molar-refractivity contribution in [2.24, 2.45) is 4.99 Å². The van der Waals surface area contributed by atoms with Gasteiger partial charge in [-0.25, -0.2) is 0 Å². The molecule has 0 saturated carbocycles. The summed E-state index contributed by atoms with van der Waals surface area (Å²) in [5, 5.41) is 0. The molecule has 0 fully saturated rings. The van der Waals surface area contributed by atoms with Gasteiger partial charge in [0.25, 0.3) is 0 Å². The second-order valence-electron chi connectivity index (χ2n) is 6.76. The van der Waals surface area contributed by atoms with Gasteiger partial charge in [-0.05, 0) is 37.3 Å². The lowest BCUT2D eigenvalue weighted by Gasteiger charge is -2.17. The normalized spacial score (nSPS) is 15.8. The number of methoxy groups -OCH3 is 2. The van der Waals surface area contributed by atoms with Gasteiger partial charge < -0.3 is 14.0 Å². The summed E-state index contributed by atoms with van der Waals surface area (Å²) in [5.41, 5.74) is 2.67. The minimum absolute atomic E-state index is 0.297. The first kappa shape index (κ1) is 19.1. The van der Waals surface area contributed by atoms with Crippen molar-refractivity contribution in [3.63, 3.8) is 0 Å². The van der Waals surface area contributed by atoms with Crippen molar-refractivity contribution >= 4 is 5.71 Å². The van der Waals surface area contributed by atoms with Gasteiger partial charge in [0.05, 0.1) is 42.9 Å². The maximum absolute atomic E-state index is 13.2. The number of hydrogen-bond acceptors (Lipinski definition) is 3. The number of nitrogens with zero attached hydrogens (tertiary/aromatic N) is 2. The third-order valence-electron chi connectivity index (χ3n) is 5.02. The molecular formula is C22H19F3N2O2. The van der Waals surface area contributed by atoms with Crippen LogP contribution in [-0.2, 0) is 6.18 Å². The lowest BCUT2D eigenvalue weighted by atomic mass is 10.0. The average molecular weight is 400 g/mol. The van der Waals surface area contributed by atoms with Crippen LogP contribution in [0.25, 0.3) is 5.69 Å². The highest BCUT2D eigenvalue weighted by atomic mass is 19.4. The Balaban J connectivity index is 1.93. The Kier molecular flexibility index (Phi) is 4.61. The van der Waals surface area contributed by atoms with Crippen LogP contribution >= 0.6 is 0 Å². The van der Waals surface area contributed by atoms with Gasteiger partial charge in [-0.1, -0.05) is 12.1 Å². The fraction of sp³-hybridized carbons (Fsp3) is 0.227. The van der Waals surface area contributed by atoms with Gasteiger partial charge in [-0.15, -0.1) is 0 Å². The van der Waals surface area contributed by atoms with E-state index in [1.54, 1.807) is 20.3 Å². The molecule has 150 valence electrons. The van der Waals surface area contributed by atoms with Crippen LogP contribution in [0.2, 0.25) is 0 Å². The summed E-state index contributed by atoms with van der Waals surface area (Å²) in [6, 6.07) is 12.4. The number of halogens is 3. The van der Waals surface area contributed by atoms with Crippen LogP contribution in [0.4, 0.5) is 13.2 Å². The topological polar surface area (TPSA) is 35.8 Å². The zero-order valence-corrected chi connectivity index (χ0v) is 16.1. The summed E-state index contributed by atoms with van der Waals surface area (Å²) >= 11 is 0. The smallest absolute Gasteiger partial charge is 0.416 e. The first-order valence-corrected chi connectivity index (χ1v) is 9.03. The summed E-state index contributed by atoms with van der Waals surface area (Å²) in [5.74, 6) is 1.14. The Hall–Kier alpha value is -3.22. The first-order chi connectivity index (χ1) is 13.8. The molecule has 1 atom stereocenters. The third kappa shape index (κ3) is 3.26. The van der Waals surface area contributed by atoms with E-state index >= 15 is 0 Å². The van der Waals surface area contributed by atoms with E-state index < -0.39 is 11.7 Å². The molecule has 29 heavy (non-hydrogen) atoms. The van der Waals surface area contributed by atoms with Crippen molar-refractivity contribution in [2.45, 2.75) is 19.1 Å². The first-order valence-electron chi connectivity index (χ1n) is 9.03. The van der Waals surface area contributed by atoms with E-state index in [4.69, 9.17) is 14.5 Å². The summed E-state index contributed by atoms with van der Waals surface area (Å²) in [4.78, 5) is 4.79. The second-order valence-corrected chi connectivity index (χ2v) is 6.76. The molecule has 0 aliphatic carbocycles. The SMILES string of the molecule is COc1cc2c(cc1OC)-n1cccc1C(c1cccc(C(F)(F)F)c1)=NC2C. The van der Waals surface area contributed by atoms with Crippen molar-refractivity contribution < 1.29 is 22.6 Å². The molecule has 1 unspecified atom stereocenters. The number of benzene rings is 2. The summed E-state index contributed by atoms with van der Waals surface area (Å²) in [6.45, 7) is 1.91. The van der Waals surface area contributed by atoms with Gasteiger partial charge in [-0.3, -0.25) is 4.99 Å². The number of alkyl halides is 3. The van der Waals surface area contributed by atoms with Gasteiger partial charge in [0.2, 0.25) is 0 Å². The number of aromatic nitrogens is 1. The van der Waals surface area contributed by atoms with Crippen LogP contribution in [0.1, 0.15) is 35.3 Å². The average Bonchev–Trinajstić information content (AvgIpc) is 3.15. The van der Waals surface area contributed by atoms with Crippen molar-refractivity contribution in [1.29, 1.82) is 0 Å². The zero-order valence-electron chi connectivity index (χ0n) is 16.1. The van der Waals surface area contributed by atoms with E-state index in [1.807, 2.05) is 42.0 Å². The van der Waals surface area contributed by atoms with Crippen LogP contribution in [0, 0.1) is 0 Å². The summed E-state index contributed by atoms with van der Waals surface area (Å²) < 4.78 is 52.5. The highest BCUT2D eigenvalue weighted by molar-refractivity contribution is 6.12. The predicted octanol–water partition coefficient (Wildman–Crippen LogP) is 5.43. The number of aliphatic imine (C=N–C) groups is 1. The second kappa shape index (κ2) is 6.99. The third-order valence-corrected chi connectivity index (χ3v) is 5.02. The van der Waals surface area contributed by atoms with Gasteiger partial charge in [-0.2, -0.15) is 13.2 Å². The van der Waals surface area contributed by atoms with Crippen molar-refractivity contribution in [1.82, 2.24) is 4.57 Å². The molecule has 0 N–H and O–H groups in total. The number of hydrogen-bond donors (Lipinski definition) is 0. The quantitative estimate of drug-likeness (QED) is 0.588. The molecule has 0 saturated heterocycles. The maximum atomic E-state index is 13.2. The number of ether oxygens (including phenoxy) is 2. The molecule has 2 heterocycles. The molecule has 1 aliphatic rings. The molecule has 3 aromatic rings. The standard InChI is InChI=1S/C22H19F3N2O2/c1-13-16-11-19(28-2)20(29-3)12-18(16)27-9-5-8-17(27)21(26-13)14-6-4-7-15(10-14)22(23,24)25/h4-13H,1-3H3. The molecule has 0 radical (unpaired) electrons. The lowest BCUT2D eigenvalue weighted by Crippen LogP contribution is -2.11. The van der Waals surface area contributed by atoms with Crippen LogP contribution in [0.5, 0.6) is 11.5 Å². The molecule has 0 bridgehead atoms. The van der Waals surface area contributed by atoms with E-state index in [1.165, 1.54) is 6.07 Å². The van der Waals surface area contributed by atoms with Gasteiger partial charge in [0.1, 0.15) is 0 Å². The fourth-order valence-electron chi connectivity index (χ4n) is 3.61. The molecule has 2 aromatic carbocycles. The Morgan fingerprint density at radius 3 is 2.38 bits per heavy atom. The van der Waals surface area contributed by atoms with E-state index in [0.717, 1.165) is 23.4 Å². The van der Waals surface area contributed by atoms with Crippen molar-refractivity contribution in [3.8, 4) is 17.2 Å². The highest BCUT2D eigenvalue weighted by Crippen LogP contribution is 2.39. The van der Waals surface area contributed by atoms with Crippen LogP contribution < -0.4 is 9.47 Å². The van der Waals surface area contributed by atoms with Gasteiger partial charge in [0.15, 0.2) is 11.5 Å². The van der Waals surface area contributed by atoms with E-state index in [-0.39, 0.29) is 6.04 Å². The minimum Gasteiger partial charge on any atom is -0.493 e. The largest absolute Gasteiger partial charge is 0.493 e. The van der Waals surface area contributed by atoms with E-state index in [9.17, 15) is 13.2 Å². The monoisotopic (exact) mass is 400 g/mol. The lowest BCUT2D eigenvalue weighted by molar-refractivity contribution is -0.137. The van der Waals surface area contributed by atoms with Gasteiger partial charge >= 0.3 is 6.18 Å². The fourth-order valence-corrected chi connectivity index (χ4v) is 3.61.